The van der Waals surface area contributed by atoms with Gasteiger partial charge in [0.05, 0.1) is 17.7 Å². The van der Waals surface area contributed by atoms with Gasteiger partial charge in [-0.1, -0.05) is 11.6 Å². The molecule has 3 rings (SSSR count). The lowest BCUT2D eigenvalue weighted by molar-refractivity contribution is -0.115. The van der Waals surface area contributed by atoms with Gasteiger partial charge in [0.2, 0.25) is 0 Å². The fourth-order valence-corrected chi connectivity index (χ4v) is 2.99. The molecule has 1 amide bonds. The number of hydrogen-bond acceptors (Lipinski definition) is 5. The van der Waals surface area contributed by atoms with Crippen LogP contribution < -0.4 is 10.1 Å². The first-order chi connectivity index (χ1) is 11.5. The summed E-state index contributed by atoms with van der Waals surface area (Å²) in [4.78, 5) is 16.9. The lowest BCUT2D eigenvalue weighted by Crippen LogP contribution is -2.19. The fraction of sp³-hybridized carbons (Fsp3) is 0.0588. The van der Waals surface area contributed by atoms with Crippen molar-refractivity contribution in [3.8, 4) is 11.5 Å². The molecule has 0 saturated carbocycles. The number of carbonyl (C=O) groups excluding carboxylic acids is 1. The van der Waals surface area contributed by atoms with Crippen molar-refractivity contribution >= 4 is 46.2 Å². The number of methoxy groups -OCH3 is 1. The molecule has 122 valence electrons. The van der Waals surface area contributed by atoms with Gasteiger partial charge >= 0.3 is 0 Å². The zero-order valence-electron chi connectivity index (χ0n) is 12.6. The fourth-order valence-electron chi connectivity index (χ4n) is 2.03. The third-order valence-electron chi connectivity index (χ3n) is 3.23. The van der Waals surface area contributed by atoms with Gasteiger partial charge in [-0.05, 0) is 60.3 Å². The van der Waals surface area contributed by atoms with Crippen LogP contribution in [0.4, 0.5) is 5.69 Å². The molecule has 2 aromatic rings. The van der Waals surface area contributed by atoms with Crippen LogP contribution in [0.2, 0.25) is 5.02 Å². The lowest BCUT2D eigenvalue weighted by atomic mass is 10.1. The summed E-state index contributed by atoms with van der Waals surface area (Å²) in [5, 5.41) is 13.7. The molecule has 2 aromatic carbocycles. The van der Waals surface area contributed by atoms with Gasteiger partial charge in [-0.25, -0.2) is 4.99 Å². The van der Waals surface area contributed by atoms with E-state index in [1.165, 1.54) is 24.9 Å². The summed E-state index contributed by atoms with van der Waals surface area (Å²) in [6.07, 6.45) is 1.60. The second kappa shape index (κ2) is 6.98. The van der Waals surface area contributed by atoms with E-state index in [1.807, 2.05) is 0 Å². The largest absolute Gasteiger partial charge is 0.507 e. The van der Waals surface area contributed by atoms with Crippen LogP contribution in [0.3, 0.4) is 0 Å². The highest BCUT2D eigenvalue weighted by atomic mass is 35.5. The van der Waals surface area contributed by atoms with Crippen molar-refractivity contribution in [1.29, 1.82) is 0 Å². The Bertz CT molecular complexity index is 847. The highest BCUT2D eigenvalue weighted by Crippen LogP contribution is 2.32. The van der Waals surface area contributed by atoms with E-state index in [4.69, 9.17) is 16.3 Å². The van der Waals surface area contributed by atoms with Crippen LogP contribution in [-0.4, -0.2) is 23.3 Å². The summed E-state index contributed by atoms with van der Waals surface area (Å²) in [5.41, 5.74) is 1.19. The number of aliphatic imine (C=N–C) groups is 1. The van der Waals surface area contributed by atoms with Crippen molar-refractivity contribution < 1.29 is 14.6 Å². The van der Waals surface area contributed by atoms with Crippen LogP contribution in [-0.2, 0) is 4.79 Å². The normalized spacial score (nSPS) is 17.3. The number of aromatic hydroxyl groups is 1. The molecule has 0 spiro atoms. The van der Waals surface area contributed by atoms with Crippen molar-refractivity contribution in [3.05, 3.63) is 58.0 Å². The number of hydrogen-bond donors (Lipinski definition) is 2. The number of thioether (sulfide) groups is 1. The lowest BCUT2D eigenvalue weighted by Gasteiger charge is -2.03. The minimum atomic E-state index is -0.269. The maximum atomic E-state index is 12.1. The first-order valence-corrected chi connectivity index (χ1v) is 8.17. The van der Waals surface area contributed by atoms with Gasteiger partial charge < -0.3 is 15.2 Å². The number of benzene rings is 2. The molecule has 1 aliphatic rings. The van der Waals surface area contributed by atoms with Crippen molar-refractivity contribution in [3.63, 3.8) is 0 Å². The van der Waals surface area contributed by atoms with E-state index < -0.39 is 0 Å². The van der Waals surface area contributed by atoms with E-state index in [-0.39, 0.29) is 11.7 Å². The van der Waals surface area contributed by atoms with Crippen LogP contribution in [0, 0.1) is 0 Å². The predicted molar refractivity (Wildman–Crippen MR) is 96.9 cm³/mol. The number of phenols is 1. The number of amides is 1. The molecule has 1 fully saturated rings. The molecular weight excluding hydrogens is 348 g/mol. The number of carbonyl (C=O) groups is 1. The molecule has 0 aromatic heterocycles. The Balaban J connectivity index is 1.86. The molecule has 1 heterocycles. The smallest absolute Gasteiger partial charge is 0.264 e. The summed E-state index contributed by atoms with van der Waals surface area (Å²) in [7, 11) is 1.54. The van der Waals surface area contributed by atoms with E-state index in [9.17, 15) is 9.90 Å². The zero-order valence-corrected chi connectivity index (χ0v) is 14.2. The SMILES string of the molecule is COc1ccc(O)c(/C=C2/SC(=Nc3ccc(Cl)cc3)NC2=O)c1. The standard InChI is InChI=1S/C17H13ClN2O3S/c1-23-13-6-7-14(21)10(8-13)9-15-16(22)20-17(24-15)19-12-4-2-11(18)3-5-12/h2-9,21H,1H3,(H,19,20,22)/b15-9+. The molecule has 24 heavy (non-hydrogen) atoms. The number of rotatable bonds is 3. The van der Waals surface area contributed by atoms with Crippen molar-refractivity contribution in [2.45, 2.75) is 0 Å². The summed E-state index contributed by atoms with van der Waals surface area (Å²) in [5.74, 6) is 0.396. The van der Waals surface area contributed by atoms with Crippen LogP contribution >= 0.6 is 23.4 Å². The van der Waals surface area contributed by atoms with Gasteiger partial charge in [-0.2, -0.15) is 0 Å². The molecule has 5 nitrogen and oxygen atoms in total. The number of nitrogens with zero attached hydrogens (tertiary/aromatic N) is 1. The Labute approximate surface area is 148 Å². The highest BCUT2D eigenvalue weighted by Gasteiger charge is 2.24. The van der Waals surface area contributed by atoms with E-state index in [1.54, 1.807) is 42.5 Å². The van der Waals surface area contributed by atoms with E-state index >= 15 is 0 Å². The maximum Gasteiger partial charge on any atom is 0.264 e. The molecule has 1 aliphatic heterocycles. The molecule has 0 unspecified atom stereocenters. The quantitative estimate of drug-likeness (QED) is 0.813. The Morgan fingerprint density at radius 1 is 1.25 bits per heavy atom. The number of amidine groups is 1. The van der Waals surface area contributed by atoms with E-state index in [0.717, 1.165) is 0 Å². The second-order valence-electron chi connectivity index (χ2n) is 4.88. The Morgan fingerprint density at radius 2 is 2.00 bits per heavy atom. The molecular formula is C17H13ClN2O3S. The van der Waals surface area contributed by atoms with Gasteiger partial charge in [0.1, 0.15) is 11.5 Å². The van der Waals surface area contributed by atoms with Gasteiger partial charge in [0.25, 0.3) is 5.91 Å². The van der Waals surface area contributed by atoms with Crippen molar-refractivity contribution in [1.82, 2.24) is 5.32 Å². The van der Waals surface area contributed by atoms with E-state index in [0.29, 0.717) is 32.1 Å². The van der Waals surface area contributed by atoms with Crippen LogP contribution in [0.1, 0.15) is 5.56 Å². The van der Waals surface area contributed by atoms with Gasteiger partial charge in [0.15, 0.2) is 5.17 Å². The monoisotopic (exact) mass is 360 g/mol. The third kappa shape index (κ3) is 3.72. The molecule has 0 aliphatic carbocycles. The number of halogens is 1. The summed E-state index contributed by atoms with van der Waals surface area (Å²) < 4.78 is 5.13. The average Bonchev–Trinajstić information content (AvgIpc) is 2.91. The summed E-state index contributed by atoms with van der Waals surface area (Å²) in [6.45, 7) is 0. The molecule has 0 bridgehead atoms. The Kier molecular flexibility index (Phi) is 4.78. The molecule has 0 atom stereocenters. The molecule has 7 heteroatoms. The van der Waals surface area contributed by atoms with Crippen LogP contribution in [0.25, 0.3) is 6.08 Å². The minimum absolute atomic E-state index is 0.0693. The predicted octanol–water partition coefficient (Wildman–Crippen LogP) is 3.95. The number of nitrogens with one attached hydrogen (secondary N) is 1. The zero-order chi connectivity index (χ0) is 17.1. The van der Waals surface area contributed by atoms with E-state index in [2.05, 4.69) is 10.3 Å². The van der Waals surface area contributed by atoms with Crippen molar-refractivity contribution in [2.24, 2.45) is 4.99 Å². The average molecular weight is 361 g/mol. The summed E-state index contributed by atoms with van der Waals surface area (Å²) in [6, 6.07) is 11.8. The van der Waals surface area contributed by atoms with Crippen molar-refractivity contribution in [2.75, 3.05) is 7.11 Å². The number of phenolic OH excluding ortho intramolecular Hbond substituents is 1. The maximum absolute atomic E-state index is 12.1. The van der Waals surface area contributed by atoms with Gasteiger partial charge in [-0.3, -0.25) is 4.79 Å². The number of ether oxygens (including phenoxy) is 1. The van der Waals surface area contributed by atoms with Crippen LogP contribution in [0.15, 0.2) is 52.4 Å². The van der Waals surface area contributed by atoms with Gasteiger partial charge in [-0.15, -0.1) is 0 Å². The second-order valence-corrected chi connectivity index (χ2v) is 6.35. The third-order valence-corrected chi connectivity index (χ3v) is 4.39. The molecule has 1 saturated heterocycles. The molecule has 0 radical (unpaired) electrons. The minimum Gasteiger partial charge on any atom is -0.507 e. The first kappa shape index (κ1) is 16.4. The Morgan fingerprint density at radius 3 is 2.71 bits per heavy atom. The first-order valence-electron chi connectivity index (χ1n) is 6.97. The van der Waals surface area contributed by atoms with Crippen LogP contribution in [0.5, 0.6) is 11.5 Å². The highest BCUT2D eigenvalue weighted by molar-refractivity contribution is 8.18. The van der Waals surface area contributed by atoms with Gasteiger partial charge in [0, 0.05) is 10.6 Å². The molecule has 2 N–H and O–H groups in total. The summed E-state index contributed by atoms with van der Waals surface area (Å²) >= 11 is 7.04. The Hall–Kier alpha value is -2.44. The topological polar surface area (TPSA) is 70.9 Å².